The number of benzene rings is 1. The largest absolute Gasteiger partial charge is 0.334 e. The lowest BCUT2D eigenvalue weighted by Crippen LogP contribution is -2.31. The Kier molecular flexibility index (Phi) is 3.54. The number of amides is 3. The third kappa shape index (κ3) is 2.36. The first-order valence-electron chi connectivity index (χ1n) is 6.27. The highest BCUT2D eigenvalue weighted by atomic mass is 79.9. The topological polar surface area (TPSA) is 53.5 Å². The molecule has 1 aromatic heterocycles. The zero-order chi connectivity index (χ0) is 15.1. The highest BCUT2D eigenvalue weighted by Gasteiger charge is 2.45. The van der Waals surface area contributed by atoms with Crippen LogP contribution in [0.5, 0.6) is 0 Å². The van der Waals surface area contributed by atoms with Gasteiger partial charge in [-0.3, -0.25) is 4.79 Å². The lowest BCUT2D eigenvalue weighted by atomic mass is 10.1. The van der Waals surface area contributed by atoms with E-state index in [0.717, 1.165) is 20.6 Å². The summed E-state index contributed by atoms with van der Waals surface area (Å²) in [7, 11) is 1.63. The van der Waals surface area contributed by atoms with Crippen molar-refractivity contribution in [1.82, 2.24) is 9.88 Å². The van der Waals surface area contributed by atoms with E-state index in [1.165, 1.54) is 16.2 Å². The maximum absolute atomic E-state index is 12.7. The first-order valence-corrected chi connectivity index (χ1v) is 7.94. The third-order valence-corrected chi connectivity index (χ3v) is 4.73. The second-order valence-corrected chi connectivity index (χ2v) is 6.55. The molecule has 0 bridgehead atoms. The van der Waals surface area contributed by atoms with Crippen LogP contribution in [0.2, 0.25) is 0 Å². The van der Waals surface area contributed by atoms with Gasteiger partial charge in [0.05, 0.1) is 5.69 Å². The van der Waals surface area contributed by atoms with Gasteiger partial charge in [-0.2, -0.15) is 0 Å². The molecule has 21 heavy (non-hydrogen) atoms. The van der Waals surface area contributed by atoms with Crippen molar-refractivity contribution in [2.45, 2.75) is 13.0 Å². The fourth-order valence-electron chi connectivity index (χ4n) is 2.31. The number of anilines is 1. The molecule has 2 heterocycles. The summed E-state index contributed by atoms with van der Waals surface area (Å²) in [5, 5.41) is 2.24. The van der Waals surface area contributed by atoms with Gasteiger partial charge in [0.15, 0.2) is 0 Å². The number of nitrogens with zero attached hydrogens (tertiary/aromatic N) is 3. The summed E-state index contributed by atoms with van der Waals surface area (Å²) in [6, 6.07) is 6.46. The number of likely N-dealkylation sites (N-methyl/N-ethyl adjacent to an activating group) is 1. The molecule has 1 fully saturated rings. The van der Waals surface area contributed by atoms with E-state index < -0.39 is 6.04 Å². The number of urea groups is 1. The van der Waals surface area contributed by atoms with E-state index in [0.29, 0.717) is 5.13 Å². The Hall–Kier alpha value is -1.73. The van der Waals surface area contributed by atoms with E-state index in [2.05, 4.69) is 20.9 Å². The zero-order valence-electron chi connectivity index (χ0n) is 11.4. The number of rotatable bonds is 2. The maximum Gasteiger partial charge on any atom is 0.334 e. The molecule has 0 saturated carbocycles. The predicted molar refractivity (Wildman–Crippen MR) is 84.4 cm³/mol. The van der Waals surface area contributed by atoms with Crippen molar-refractivity contribution in [2.24, 2.45) is 0 Å². The summed E-state index contributed by atoms with van der Waals surface area (Å²) >= 11 is 4.68. The van der Waals surface area contributed by atoms with Gasteiger partial charge in [-0.1, -0.05) is 28.1 Å². The molecule has 0 spiro atoms. The smallest absolute Gasteiger partial charge is 0.311 e. The molecule has 1 aromatic carbocycles. The predicted octanol–water partition coefficient (Wildman–Crippen LogP) is 3.35. The van der Waals surface area contributed by atoms with E-state index >= 15 is 0 Å². The number of imide groups is 1. The van der Waals surface area contributed by atoms with E-state index in [9.17, 15) is 9.59 Å². The third-order valence-electron chi connectivity index (χ3n) is 3.30. The second kappa shape index (κ2) is 5.23. The second-order valence-electron chi connectivity index (χ2n) is 4.80. The Bertz CT molecular complexity index is 731. The normalized spacial score (nSPS) is 18.7. The van der Waals surface area contributed by atoms with Gasteiger partial charge < -0.3 is 4.90 Å². The molecule has 108 valence electrons. The van der Waals surface area contributed by atoms with Crippen molar-refractivity contribution in [2.75, 3.05) is 11.9 Å². The molecule has 0 N–H and O–H groups in total. The van der Waals surface area contributed by atoms with Gasteiger partial charge in [-0.25, -0.2) is 14.7 Å². The van der Waals surface area contributed by atoms with Gasteiger partial charge in [-0.05, 0) is 24.6 Å². The van der Waals surface area contributed by atoms with Crippen LogP contribution < -0.4 is 4.90 Å². The summed E-state index contributed by atoms with van der Waals surface area (Å²) in [4.78, 5) is 31.9. The number of carbonyl (C=O) groups excluding carboxylic acids is 2. The number of halogens is 1. The van der Waals surface area contributed by atoms with Crippen LogP contribution in [0.25, 0.3) is 0 Å². The molecule has 0 radical (unpaired) electrons. The highest BCUT2D eigenvalue weighted by molar-refractivity contribution is 9.10. The number of aromatic nitrogens is 1. The number of aryl methyl sites for hydroxylation is 1. The van der Waals surface area contributed by atoms with Crippen LogP contribution in [-0.4, -0.2) is 28.9 Å². The monoisotopic (exact) mass is 365 g/mol. The standard InChI is InChI=1S/C14H12BrN3O2S/c1-8-7-21-13(16-8)18-12(19)11(17(2)14(18)20)9-4-3-5-10(15)6-9/h3-7,11H,1-2H3/t11-/m1/s1. The van der Waals surface area contributed by atoms with Gasteiger partial charge in [0.2, 0.25) is 5.13 Å². The summed E-state index contributed by atoms with van der Waals surface area (Å²) in [5.41, 5.74) is 1.57. The van der Waals surface area contributed by atoms with Crippen LogP contribution in [-0.2, 0) is 4.79 Å². The molecular formula is C14H12BrN3O2S. The van der Waals surface area contributed by atoms with Crippen LogP contribution in [0, 0.1) is 6.92 Å². The molecule has 1 saturated heterocycles. The molecule has 1 aliphatic rings. The molecule has 1 atom stereocenters. The maximum atomic E-state index is 12.7. The summed E-state index contributed by atoms with van der Waals surface area (Å²) in [6.45, 7) is 1.83. The Morgan fingerprint density at radius 3 is 2.71 bits per heavy atom. The van der Waals surface area contributed by atoms with Crippen LogP contribution in [0.1, 0.15) is 17.3 Å². The molecule has 1 aliphatic heterocycles. The fraction of sp³-hybridized carbons (Fsp3) is 0.214. The Morgan fingerprint density at radius 2 is 2.10 bits per heavy atom. The van der Waals surface area contributed by atoms with Crippen molar-refractivity contribution in [3.8, 4) is 0 Å². The highest BCUT2D eigenvalue weighted by Crippen LogP contribution is 2.35. The van der Waals surface area contributed by atoms with Crippen molar-refractivity contribution in [1.29, 1.82) is 0 Å². The van der Waals surface area contributed by atoms with Gasteiger partial charge in [0, 0.05) is 16.9 Å². The van der Waals surface area contributed by atoms with E-state index in [1.807, 2.05) is 36.6 Å². The molecule has 0 unspecified atom stereocenters. The van der Waals surface area contributed by atoms with Crippen molar-refractivity contribution >= 4 is 44.3 Å². The molecule has 0 aliphatic carbocycles. The average Bonchev–Trinajstić information content (AvgIpc) is 2.93. The number of thiazole rings is 1. The van der Waals surface area contributed by atoms with Gasteiger partial charge in [-0.15, -0.1) is 11.3 Å². The van der Waals surface area contributed by atoms with Gasteiger partial charge >= 0.3 is 6.03 Å². The van der Waals surface area contributed by atoms with E-state index in [1.54, 1.807) is 7.05 Å². The summed E-state index contributed by atoms with van der Waals surface area (Å²) in [6.07, 6.45) is 0. The van der Waals surface area contributed by atoms with Gasteiger partial charge in [0.25, 0.3) is 5.91 Å². The lowest BCUT2D eigenvalue weighted by molar-refractivity contribution is -0.119. The first kappa shape index (κ1) is 14.2. The molecule has 7 heteroatoms. The molecule has 3 rings (SSSR count). The average molecular weight is 366 g/mol. The van der Waals surface area contributed by atoms with Gasteiger partial charge in [0.1, 0.15) is 6.04 Å². The summed E-state index contributed by atoms with van der Waals surface area (Å²) < 4.78 is 0.872. The van der Waals surface area contributed by atoms with Crippen molar-refractivity contribution < 1.29 is 9.59 Å². The number of hydrogen-bond donors (Lipinski definition) is 0. The Labute approximate surface area is 134 Å². The zero-order valence-corrected chi connectivity index (χ0v) is 13.8. The number of hydrogen-bond acceptors (Lipinski definition) is 4. The molecule has 2 aromatic rings. The van der Waals surface area contributed by atoms with Crippen LogP contribution in [0.3, 0.4) is 0 Å². The van der Waals surface area contributed by atoms with E-state index in [4.69, 9.17) is 0 Å². The van der Waals surface area contributed by atoms with Crippen LogP contribution >= 0.6 is 27.3 Å². The molecule has 3 amide bonds. The minimum atomic E-state index is -0.612. The molecule has 5 nitrogen and oxygen atoms in total. The minimum Gasteiger partial charge on any atom is -0.311 e. The Balaban J connectivity index is 2.01. The van der Waals surface area contributed by atoms with E-state index in [-0.39, 0.29) is 11.9 Å². The van der Waals surface area contributed by atoms with Crippen molar-refractivity contribution in [3.05, 3.63) is 45.4 Å². The minimum absolute atomic E-state index is 0.269. The molecular weight excluding hydrogens is 354 g/mol. The Morgan fingerprint density at radius 1 is 1.33 bits per heavy atom. The lowest BCUT2D eigenvalue weighted by Gasteiger charge is -2.16. The first-order chi connectivity index (χ1) is 9.99. The van der Waals surface area contributed by atoms with Crippen LogP contribution in [0.15, 0.2) is 34.1 Å². The van der Waals surface area contributed by atoms with Crippen LogP contribution in [0.4, 0.5) is 9.93 Å². The SMILES string of the molecule is Cc1csc(N2C(=O)[C@@H](c3cccc(Br)c3)N(C)C2=O)n1. The fourth-order valence-corrected chi connectivity index (χ4v) is 3.53. The number of carbonyl (C=O) groups is 2. The quantitative estimate of drug-likeness (QED) is 0.766. The van der Waals surface area contributed by atoms with Crippen molar-refractivity contribution in [3.63, 3.8) is 0 Å². The summed E-state index contributed by atoms with van der Waals surface area (Å²) in [5.74, 6) is -0.269.